The number of hydrogen-bond acceptors (Lipinski definition) is 4. The van der Waals surface area contributed by atoms with Gasteiger partial charge in [-0.05, 0) is 80.8 Å². The van der Waals surface area contributed by atoms with Crippen molar-refractivity contribution in [2.45, 2.75) is 27.7 Å². The fourth-order valence-electron chi connectivity index (χ4n) is 3.79. The lowest BCUT2D eigenvalue weighted by Crippen LogP contribution is -2.32. The van der Waals surface area contributed by atoms with Crippen LogP contribution < -0.4 is 15.5 Å². The van der Waals surface area contributed by atoms with Crippen LogP contribution in [0.2, 0.25) is 0 Å². The van der Waals surface area contributed by atoms with Gasteiger partial charge in [-0.1, -0.05) is 41.4 Å². The van der Waals surface area contributed by atoms with Crippen LogP contribution in [0.15, 0.2) is 71.4 Å². The van der Waals surface area contributed by atoms with Gasteiger partial charge in [-0.15, -0.1) is 0 Å². The van der Waals surface area contributed by atoms with Gasteiger partial charge in [0.25, 0.3) is 17.7 Å². The number of amides is 3. The molecule has 0 aromatic heterocycles. The molecule has 2 N–H and O–H groups in total. The molecule has 34 heavy (non-hydrogen) atoms. The van der Waals surface area contributed by atoms with Gasteiger partial charge in [-0.2, -0.15) is 0 Å². The van der Waals surface area contributed by atoms with E-state index in [1.807, 2.05) is 58.0 Å². The number of carbonyl (C=O) groups is 3. The lowest BCUT2D eigenvalue weighted by atomic mass is 10.1. The van der Waals surface area contributed by atoms with Gasteiger partial charge >= 0.3 is 0 Å². The molecular formula is C27H24ClN3O3. The van der Waals surface area contributed by atoms with Crippen molar-refractivity contribution in [3.05, 3.63) is 99.2 Å². The molecule has 6 nitrogen and oxygen atoms in total. The predicted molar refractivity (Wildman–Crippen MR) is 135 cm³/mol. The molecule has 1 aliphatic heterocycles. The number of imide groups is 1. The Bertz CT molecular complexity index is 1360. The van der Waals surface area contributed by atoms with Crippen molar-refractivity contribution in [3.8, 4) is 0 Å². The van der Waals surface area contributed by atoms with Crippen molar-refractivity contribution in [2.75, 3.05) is 15.5 Å². The summed E-state index contributed by atoms with van der Waals surface area (Å²) >= 11 is 6.25. The Morgan fingerprint density at radius 1 is 0.794 bits per heavy atom. The van der Waals surface area contributed by atoms with Crippen LogP contribution in [0, 0.1) is 27.7 Å². The quantitative estimate of drug-likeness (QED) is 0.472. The molecule has 0 aliphatic carbocycles. The van der Waals surface area contributed by atoms with Gasteiger partial charge in [-0.3, -0.25) is 14.4 Å². The minimum absolute atomic E-state index is 0.0000505. The minimum Gasteiger partial charge on any atom is -0.350 e. The number of carbonyl (C=O) groups excluding carboxylic acids is 3. The van der Waals surface area contributed by atoms with Gasteiger partial charge in [0.1, 0.15) is 10.7 Å². The molecule has 0 unspecified atom stereocenters. The summed E-state index contributed by atoms with van der Waals surface area (Å²) in [5.41, 5.74) is 6.04. The second kappa shape index (κ2) is 9.15. The first-order valence-corrected chi connectivity index (χ1v) is 11.1. The molecule has 4 rings (SSSR count). The maximum Gasteiger partial charge on any atom is 0.283 e. The summed E-state index contributed by atoms with van der Waals surface area (Å²) in [6.45, 7) is 7.65. The van der Waals surface area contributed by atoms with E-state index in [2.05, 4.69) is 10.6 Å². The van der Waals surface area contributed by atoms with E-state index in [1.165, 1.54) is 0 Å². The molecule has 172 valence electrons. The topological polar surface area (TPSA) is 78.5 Å². The number of rotatable bonds is 5. The number of halogens is 1. The van der Waals surface area contributed by atoms with E-state index in [0.717, 1.165) is 32.8 Å². The van der Waals surface area contributed by atoms with E-state index in [0.29, 0.717) is 16.9 Å². The van der Waals surface area contributed by atoms with E-state index in [-0.39, 0.29) is 16.6 Å². The van der Waals surface area contributed by atoms with Crippen molar-refractivity contribution in [3.63, 3.8) is 0 Å². The number of nitrogens with zero attached hydrogens (tertiary/aromatic N) is 1. The van der Waals surface area contributed by atoms with E-state index < -0.39 is 11.8 Å². The normalized spacial score (nSPS) is 13.5. The van der Waals surface area contributed by atoms with E-state index in [1.54, 1.807) is 30.3 Å². The van der Waals surface area contributed by atoms with Crippen molar-refractivity contribution in [1.82, 2.24) is 0 Å². The summed E-state index contributed by atoms with van der Waals surface area (Å²) in [5.74, 6) is -1.35. The van der Waals surface area contributed by atoms with Crippen LogP contribution in [0.3, 0.4) is 0 Å². The maximum atomic E-state index is 13.1. The molecule has 0 spiro atoms. The Balaban J connectivity index is 1.50. The van der Waals surface area contributed by atoms with Gasteiger partial charge in [0.15, 0.2) is 0 Å². The molecule has 0 atom stereocenters. The number of hydrogen-bond donors (Lipinski definition) is 2. The first-order valence-electron chi connectivity index (χ1n) is 10.8. The van der Waals surface area contributed by atoms with Crippen LogP contribution in [0.1, 0.15) is 32.6 Å². The van der Waals surface area contributed by atoms with E-state index in [9.17, 15) is 14.4 Å². The SMILES string of the molecule is Cc1ccc(NC(=O)c2ccc(NC3=C(Cl)C(=O)N(c4cc(C)ccc4C)C3=O)cc2)c(C)c1. The molecule has 0 fully saturated rings. The first kappa shape index (κ1) is 23.3. The second-order valence-electron chi connectivity index (χ2n) is 8.40. The van der Waals surface area contributed by atoms with Crippen molar-refractivity contribution in [1.29, 1.82) is 0 Å². The smallest absolute Gasteiger partial charge is 0.283 e. The minimum atomic E-state index is -0.577. The summed E-state index contributed by atoms with van der Waals surface area (Å²) in [5, 5.41) is 5.67. The Morgan fingerprint density at radius 3 is 2.12 bits per heavy atom. The van der Waals surface area contributed by atoms with Crippen LogP contribution in [-0.2, 0) is 9.59 Å². The molecule has 7 heteroatoms. The molecule has 3 aromatic rings. The average molecular weight is 474 g/mol. The number of anilines is 3. The highest BCUT2D eigenvalue weighted by molar-refractivity contribution is 6.53. The summed E-state index contributed by atoms with van der Waals surface area (Å²) in [6.07, 6.45) is 0. The van der Waals surface area contributed by atoms with Gasteiger partial charge in [-0.25, -0.2) is 4.90 Å². The summed E-state index contributed by atoms with van der Waals surface area (Å²) in [4.78, 5) is 39.6. The molecule has 1 heterocycles. The fourth-order valence-corrected chi connectivity index (χ4v) is 4.00. The molecule has 0 saturated heterocycles. The highest BCUT2D eigenvalue weighted by Crippen LogP contribution is 2.32. The number of nitrogens with one attached hydrogen (secondary N) is 2. The Kier molecular flexibility index (Phi) is 6.26. The van der Waals surface area contributed by atoms with Gasteiger partial charge in [0.05, 0.1) is 5.69 Å². The molecular weight excluding hydrogens is 450 g/mol. The number of benzene rings is 3. The largest absolute Gasteiger partial charge is 0.350 e. The zero-order valence-electron chi connectivity index (χ0n) is 19.3. The maximum absolute atomic E-state index is 13.1. The standard InChI is InChI=1S/C27H24ClN3O3/c1-15-6-12-21(18(4)13-15)30-25(32)19-8-10-20(11-9-19)29-24-23(28)26(33)31(27(24)34)22-14-16(2)5-7-17(22)3/h5-14,29H,1-4H3,(H,30,32). The van der Waals surface area contributed by atoms with Gasteiger partial charge < -0.3 is 10.6 Å². The molecule has 0 radical (unpaired) electrons. The van der Waals surface area contributed by atoms with Gasteiger partial charge in [0.2, 0.25) is 0 Å². The first-order chi connectivity index (χ1) is 16.2. The van der Waals surface area contributed by atoms with Crippen molar-refractivity contribution < 1.29 is 14.4 Å². The molecule has 3 aromatic carbocycles. The Labute approximate surface area is 203 Å². The molecule has 0 saturated carbocycles. The summed E-state index contributed by atoms with van der Waals surface area (Å²) in [7, 11) is 0. The summed E-state index contributed by atoms with van der Waals surface area (Å²) in [6, 6.07) is 18.0. The fraction of sp³-hybridized carbons (Fsp3) is 0.148. The van der Waals surface area contributed by atoms with Crippen LogP contribution in [0.25, 0.3) is 0 Å². The lowest BCUT2D eigenvalue weighted by Gasteiger charge is -2.18. The highest BCUT2D eigenvalue weighted by Gasteiger charge is 2.39. The van der Waals surface area contributed by atoms with Gasteiger partial charge in [0, 0.05) is 16.9 Å². The third-order valence-corrected chi connectivity index (χ3v) is 6.03. The third-order valence-electron chi connectivity index (χ3n) is 5.68. The van der Waals surface area contributed by atoms with Crippen molar-refractivity contribution in [2.24, 2.45) is 0 Å². The van der Waals surface area contributed by atoms with Crippen molar-refractivity contribution >= 4 is 46.4 Å². The summed E-state index contributed by atoms with van der Waals surface area (Å²) < 4.78 is 0. The van der Waals surface area contributed by atoms with Crippen LogP contribution >= 0.6 is 11.6 Å². The van der Waals surface area contributed by atoms with E-state index in [4.69, 9.17) is 11.6 Å². The Hall–Kier alpha value is -3.90. The Morgan fingerprint density at radius 2 is 1.44 bits per heavy atom. The molecule has 0 bridgehead atoms. The van der Waals surface area contributed by atoms with Crippen LogP contribution in [-0.4, -0.2) is 17.7 Å². The van der Waals surface area contributed by atoms with E-state index >= 15 is 0 Å². The predicted octanol–water partition coefficient (Wildman–Crippen LogP) is 5.61. The molecule has 1 aliphatic rings. The third kappa shape index (κ3) is 4.45. The average Bonchev–Trinajstić information content (AvgIpc) is 3.01. The monoisotopic (exact) mass is 473 g/mol. The van der Waals surface area contributed by atoms with Crippen LogP contribution in [0.4, 0.5) is 17.1 Å². The highest BCUT2D eigenvalue weighted by atomic mass is 35.5. The van der Waals surface area contributed by atoms with Crippen LogP contribution in [0.5, 0.6) is 0 Å². The zero-order chi connectivity index (χ0) is 24.6. The second-order valence-corrected chi connectivity index (χ2v) is 8.78. The zero-order valence-corrected chi connectivity index (χ0v) is 20.1. The molecule has 3 amide bonds. The lowest BCUT2D eigenvalue weighted by molar-refractivity contribution is -0.120. The number of aryl methyl sites for hydroxylation is 4.